The molecule has 6 aliphatic carbocycles. The first-order valence-corrected chi connectivity index (χ1v) is 20.3. The number of aliphatic hydroxyl groups excluding tert-OH is 5. The first-order chi connectivity index (χ1) is 23.3. The Morgan fingerprint density at radius 3 is 2.18 bits per heavy atom. The number of aliphatic hydroxyl groups is 5. The van der Waals surface area contributed by atoms with Crippen LogP contribution in [0.2, 0.25) is 0 Å². The van der Waals surface area contributed by atoms with Crippen LogP contribution in [0.3, 0.4) is 0 Å². The molecule has 14 atom stereocenters. The molecule has 1 aliphatic heterocycles. The predicted molar refractivity (Wildman–Crippen MR) is 191 cm³/mol. The standard InChI is InChI=1S/C42H69FO7/c1-37(2)18-20-42(36(48)35-34(47)33(46)32(45)28(23-44)50-35)21-19-40(6)26(27(42)22-37)12-13-30-39(5)16-15-31(49-25-10-8-24(43)9-11-25)38(3,4)29(39)14-17-41(30,40)7/h12,24-25,27-36,44-48H,8-11,13-23H2,1-7H3/t24?,25?,27?,28?,29?,30?,31-,32+,33-,34?,35-,36+,39-,40+,41+,42-/m0/s1. The van der Waals surface area contributed by atoms with Crippen LogP contribution in [0.5, 0.6) is 0 Å². The highest BCUT2D eigenvalue weighted by atomic mass is 19.1. The SMILES string of the molecule is CC1(C)CC[C@]2([C@H](O)[C@H]3OC(CO)[C@@H](O)[C@H](O)C3O)CC[C@]3(C)C(=CCC4[C@@]5(C)CC[C@H](OC6CCC(F)CC6)C(C)(C)C5CC[C@]43C)C2C1. The molecule has 286 valence electrons. The molecule has 0 aromatic carbocycles. The van der Waals surface area contributed by atoms with E-state index in [0.29, 0.717) is 24.7 Å². The molecule has 50 heavy (non-hydrogen) atoms. The van der Waals surface area contributed by atoms with E-state index in [4.69, 9.17) is 9.47 Å². The Morgan fingerprint density at radius 2 is 1.50 bits per heavy atom. The smallest absolute Gasteiger partial charge is 0.113 e. The molecular weight excluding hydrogens is 635 g/mol. The summed E-state index contributed by atoms with van der Waals surface area (Å²) in [4.78, 5) is 0. The van der Waals surface area contributed by atoms with Crippen molar-refractivity contribution >= 4 is 0 Å². The number of alkyl halides is 1. The van der Waals surface area contributed by atoms with Gasteiger partial charge in [0, 0.05) is 5.41 Å². The number of rotatable bonds is 5. The third-order valence-corrected chi connectivity index (χ3v) is 17.4. The van der Waals surface area contributed by atoms with E-state index in [-0.39, 0.29) is 45.2 Å². The summed E-state index contributed by atoms with van der Waals surface area (Å²) in [6.07, 6.45) is 7.73. The van der Waals surface area contributed by atoms with Gasteiger partial charge in [0.25, 0.3) is 0 Å². The van der Waals surface area contributed by atoms with E-state index in [0.717, 1.165) is 70.6 Å². The maximum atomic E-state index is 13.9. The van der Waals surface area contributed by atoms with E-state index in [1.807, 2.05) is 0 Å². The normalized spacial score (nSPS) is 53.5. The van der Waals surface area contributed by atoms with Gasteiger partial charge >= 0.3 is 0 Å². The second-order valence-corrected chi connectivity index (χ2v) is 20.5. The van der Waals surface area contributed by atoms with E-state index in [2.05, 4.69) is 54.5 Å². The lowest BCUT2D eigenvalue weighted by Gasteiger charge is -2.72. The molecule has 1 saturated heterocycles. The van der Waals surface area contributed by atoms with Gasteiger partial charge in [-0.05, 0) is 135 Å². The van der Waals surface area contributed by atoms with Crippen LogP contribution in [0.1, 0.15) is 138 Å². The molecule has 7 nitrogen and oxygen atoms in total. The molecular formula is C42H69FO7. The number of fused-ring (bicyclic) bond motifs is 7. The summed E-state index contributed by atoms with van der Waals surface area (Å²) in [5.41, 5.74) is 1.31. The Balaban J connectivity index is 1.19. The van der Waals surface area contributed by atoms with Crippen LogP contribution in [0.15, 0.2) is 11.6 Å². The number of hydrogen-bond acceptors (Lipinski definition) is 7. The molecule has 0 amide bonds. The van der Waals surface area contributed by atoms with Gasteiger partial charge in [-0.15, -0.1) is 0 Å². The van der Waals surface area contributed by atoms with Crippen molar-refractivity contribution in [3.05, 3.63) is 11.6 Å². The lowest BCUT2D eigenvalue weighted by Crippen LogP contribution is -2.68. The minimum Gasteiger partial charge on any atom is -0.394 e. The number of allylic oxidation sites excluding steroid dienone is 2. The van der Waals surface area contributed by atoms with Gasteiger partial charge in [-0.2, -0.15) is 0 Å². The molecule has 8 heteroatoms. The van der Waals surface area contributed by atoms with E-state index in [1.54, 1.807) is 0 Å². The molecule has 7 rings (SSSR count). The quantitative estimate of drug-likeness (QED) is 0.203. The number of hydrogen-bond donors (Lipinski definition) is 5. The summed E-state index contributed by atoms with van der Waals surface area (Å²) < 4.78 is 26.9. The van der Waals surface area contributed by atoms with Crippen LogP contribution in [0.25, 0.3) is 0 Å². The molecule has 5 saturated carbocycles. The van der Waals surface area contributed by atoms with Gasteiger partial charge in [0.05, 0.1) is 24.9 Å². The van der Waals surface area contributed by atoms with Crippen molar-refractivity contribution in [1.29, 1.82) is 0 Å². The summed E-state index contributed by atoms with van der Waals surface area (Å²) in [6, 6.07) is 0. The maximum Gasteiger partial charge on any atom is 0.113 e. The molecule has 0 spiro atoms. The number of halogens is 1. The van der Waals surface area contributed by atoms with E-state index < -0.39 is 54.8 Å². The van der Waals surface area contributed by atoms with Crippen molar-refractivity contribution in [3.63, 3.8) is 0 Å². The molecule has 0 aromatic rings. The minimum atomic E-state index is -1.50. The first-order valence-electron chi connectivity index (χ1n) is 20.3. The monoisotopic (exact) mass is 705 g/mol. The zero-order valence-corrected chi connectivity index (χ0v) is 32.0. The largest absolute Gasteiger partial charge is 0.394 e. The van der Waals surface area contributed by atoms with Crippen LogP contribution in [-0.4, -0.2) is 87.1 Å². The van der Waals surface area contributed by atoms with Crippen molar-refractivity contribution in [2.75, 3.05) is 6.61 Å². The summed E-state index contributed by atoms with van der Waals surface area (Å²) in [5, 5.41) is 54.8. The fraction of sp³-hybridized carbons (Fsp3) is 0.952. The van der Waals surface area contributed by atoms with E-state index >= 15 is 0 Å². The predicted octanol–water partition coefficient (Wildman–Crippen LogP) is 6.66. The van der Waals surface area contributed by atoms with Gasteiger partial charge in [-0.3, -0.25) is 0 Å². The first kappa shape index (κ1) is 37.7. The highest BCUT2D eigenvalue weighted by Crippen LogP contribution is 2.76. The van der Waals surface area contributed by atoms with Gasteiger partial charge in [0.2, 0.25) is 0 Å². The van der Waals surface area contributed by atoms with Gasteiger partial charge < -0.3 is 35.0 Å². The summed E-state index contributed by atoms with van der Waals surface area (Å²) >= 11 is 0. The highest BCUT2D eigenvalue weighted by molar-refractivity contribution is 5.34. The van der Waals surface area contributed by atoms with Crippen molar-refractivity contribution in [3.8, 4) is 0 Å². The third-order valence-electron chi connectivity index (χ3n) is 17.4. The van der Waals surface area contributed by atoms with Crippen molar-refractivity contribution in [2.45, 2.75) is 193 Å². The van der Waals surface area contributed by atoms with Crippen LogP contribution in [-0.2, 0) is 9.47 Å². The van der Waals surface area contributed by atoms with Gasteiger partial charge in [-0.25, -0.2) is 4.39 Å². The van der Waals surface area contributed by atoms with Crippen LogP contribution < -0.4 is 0 Å². The Bertz CT molecular complexity index is 1290. The Labute approximate surface area is 300 Å². The molecule has 0 bridgehead atoms. The molecule has 6 fully saturated rings. The van der Waals surface area contributed by atoms with E-state index in [9.17, 15) is 29.9 Å². The second kappa shape index (κ2) is 12.7. The summed E-state index contributed by atoms with van der Waals surface area (Å²) in [5.74, 6) is 1.19. The topological polar surface area (TPSA) is 120 Å². The Kier molecular flexibility index (Phi) is 9.60. The Morgan fingerprint density at radius 1 is 0.820 bits per heavy atom. The lowest BCUT2D eigenvalue weighted by molar-refractivity contribution is -0.273. The maximum absolute atomic E-state index is 13.9. The van der Waals surface area contributed by atoms with Crippen molar-refractivity contribution < 1.29 is 39.4 Å². The summed E-state index contributed by atoms with van der Waals surface area (Å²) in [6.45, 7) is 16.8. The van der Waals surface area contributed by atoms with Gasteiger partial charge in [0.15, 0.2) is 0 Å². The minimum absolute atomic E-state index is 0.0381. The molecule has 0 aromatic heterocycles. The van der Waals surface area contributed by atoms with Crippen molar-refractivity contribution in [1.82, 2.24) is 0 Å². The molecule has 5 N–H and O–H groups in total. The average molecular weight is 705 g/mol. The van der Waals surface area contributed by atoms with Crippen molar-refractivity contribution in [2.24, 2.45) is 50.2 Å². The fourth-order valence-electron chi connectivity index (χ4n) is 14.1. The lowest BCUT2D eigenvalue weighted by atomic mass is 9.33. The van der Waals surface area contributed by atoms with Gasteiger partial charge in [-0.1, -0.05) is 60.1 Å². The zero-order chi connectivity index (χ0) is 36.2. The molecule has 0 radical (unpaired) electrons. The van der Waals surface area contributed by atoms with Crippen LogP contribution in [0, 0.1) is 50.2 Å². The van der Waals surface area contributed by atoms with Crippen LogP contribution in [0.4, 0.5) is 4.39 Å². The Hall–Kier alpha value is -0.610. The van der Waals surface area contributed by atoms with E-state index in [1.165, 1.54) is 12.0 Å². The molecule has 1 heterocycles. The van der Waals surface area contributed by atoms with Gasteiger partial charge in [0.1, 0.15) is 36.7 Å². The summed E-state index contributed by atoms with van der Waals surface area (Å²) in [7, 11) is 0. The second-order valence-electron chi connectivity index (χ2n) is 20.5. The molecule has 7 aliphatic rings. The average Bonchev–Trinajstić information content (AvgIpc) is 3.06. The fourth-order valence-corrected chi connectivity index (χ4v) is 14.1. The third kappa shape index (κ3) is 5.48. The van der Waals surface area contributed by atoms with Crippen LogP contribution >= 0.6 is 0 Å². The number of ether oxygens (including phenoxy) is 2. The molecule has 5 unspecified atom stereocenters. The zero-order valence-electron chi connectivity index (χ0n) is 32.0. The highest BCUT2D eigenvalue weighted by Gasteiger charge is 2.70.